The fraction of sp³-hybridized carbons (Fsp3) is 0.333. The number of ether oxygens (including phenoxy) is 1. The summed E-state index contributed by atoms with van der Waals surface area (Å²) in [4.78, 5) is 25.6. The van der Waals surface area contributed by atoms with E-state index in [0.29, 0.717) is 11.8 Å². The van der Waals surface area contributed by atoms with Crippen LogP contribution >= 0.6 is 0 Å². The minimum atomic E-state index is -4.00. The van der Waals surface area contributed by atoms with Crippen LogP contribution < -0.4 is 4.90 Å². The Morgan fingerprint density at radius 3 is 2.32 bits per heavy atom. The molecule has 1 saturated heterocycles. The molecule has 31 heavy (non-hydrogen) atoms. The summed E-state index contributed by atoms with van der Waals surface area (Å²) in [6, 6.07) is 11.3. The monoisotopic (exact) mass is 452 g/mol. The second-order valence-electron chi connectivity index (χ2n) is 7.15. The molecule has 7 nitrogen and oxygen atoms in total. The zero-order valence-electron chi connectivity index (χ0n) is 16.8. The van der Waals surface area contributed by atoms with E-state index in [2.05, 4.69) is 0 Å². The van der Waals surface area contributed by atoms with E-state index >= 15 is 0 Å². The minimum absolute atomic E-state index is 0.0267. The van der Waals surface area contributed by atoms with E-state index in [9.17, 15) is 26.8 Å². The molecule has 2 aromatic rings. The van der Waals surface area contributed by atoms with Crippen molar-refractivity contribution in [2.24, 2.45) is 5.92 Å². The molecule has 1 heterocycles. The van der Waals surface area contributed by atoms with E-state index in [1.807, 2.05) is 6.07 Å². The molecule has 0 saturated carbocycles. The third-order valence-electron chi connectivity index (χ3n) is 5.17. The van der Waals surface area contributed by atoms with Crippen molar-refractivity contribution in [1.82, 2.24) is 4.31 Å². The Balaban J connectivity index is 1.52. The van der Waals surface area contributed by atoms with Gasteiger partial charge in [-0.25, -0.2) is 17.2 Å². The van der Waals surface area contributed by atoms with E-state index in [4.69, 9.17) is 4.74 Å². The van der Waals surface area contributed by atoms with Gasteiger partial charge in [-0.1, -0.05) is 18.2 Å². The lowest BCUT2D eigenvalue weighted by Gasteiger charge is -2.30. The van der Waals surface area contributed by atoms with Crippen molar-refractivity contribution in [3.05, 3.63) is 60.2 Å². The highest BCUT2D eigenvalue weighted by atomic mass is 32.2. The van der Waals surface area contributed by atoms with Crippen molar-refractivity contribution < 1.29 is 31.5 Å². The average Bonchev–Trinajstić information content (AvgIpc) is 2.79. The van der Waals surface area contributed by atoms with Gasteiger partial charge >= 0.3 is 5.97 Å². The number of halogens is 2. The van der Waals surface area contributed by atoms with Gasteiger partial charge in [0.15, 0.2) is 18.2 Å². The van der Waals surface area contributed by atoms with Crippen LogP contribution in [-0.2, 0) is 24.3 Å². The normalized spacial score (nSPS) is 15.5. The van der Waals surface area contributed by atoms with Crippen molar-refractivity contribution >= 4 is 27.6 Å². The molecule has 0 aromatic heterocycles. The molecule has 10 heteroatoms. The van der Waals surface area contributed by atoms with E-state index in [0.717, 1.165) is 16.4 Å². The SMILES string of the molecule is CN(C(=O)COC(=O)C1CCN(S(=O)(=O)c2ccc(F)c(F)c2)CC1)c1ccccc1. The summed E-state index contributed by atoms with van der Waals surface area (Å²) >= 11 is 0. The van der Waals surface area contributed by atoms with Crippen molar-refractivity contribution in [2.45, 2.75) is 17.7 Å². The van der Waals surface area contributed by atoms with Crippen LogP contribution in [0.25, 0.3) is 0 Å². The number of anilines is 1. The zero-order valence-corrected chi connectivity index (χ0v) is 17.6. The Morgan fingerprint density at radius 2 is 1.71 bits per heavy atom. The summed E-state index contributed by atoms with van der Waals surface area (Å²) < 4.78 is 58.0. The topological polar surface area (TPSA) is 84.0 Å². The first-order valence-electron chi connectivity index (χ1n) is 9.63. The summed E-state index contributed by atoms with van der Waals surface area (Å²) in [5.41, 5.74) is 0.666. The first-order valence-corrected chi connectivity index (χ1v) is 11.1. The van der Waals surface area contributed by atoms with Crippen molar-refractivity contribution in [1.29, 1.82) is 0 Å². The number of carbonyl (C=O) groups is 2. The molecule has 1 fully saturated rings. The molecule has 0 spiro atoms. The molecule has 0 bridgehead atoms. The largest absolute Gasteiger partial charge is 0.455 e. The van der Waals surface area contributed by atoms with Gasteiger partial charge in [0.2, 0.25) is 10.0 Å². The Kier molecular flexibility index (Phi) is 7.01. The molecule has 1 aliphatic heterocycles. The van der Waals surface area contributed by atoms with E-state index in [-0.39, 0.29) is 30.8 Å². The van der Waals surface area contributed by atoms with Crippen LogP contribution in [0.1, 0.15) is 12.8 Å². The van der Waals surface area contributed by atoms with Crippen molar-refractivity contribution in [2.75, 3.05) is 31.6 Å². The number of carbonyl (C=O) groups excluding carboxylic acids is 2. The zero-order chi connectivity index (χ0) is 22.6. The molecular formula is C21H22F2N2O5S. The van der Waals surface area contributed by atoms with Crippen LogP contribution in [0.2, 0.25) is 0 Å². The molecule has 0 N–H and O–H groups in total. The molecule has 0 aliphatic carbocycles. The lowest BCUT2D eigenvalue weighted by molar-refractivity contribution is -0.153. The molecule has 2 aromatic carbocycles. The maximum atomic E-state index is 13.4. The minimum Gasteiger partial charge on any atom is -0.455 e. The maximum absolute atomic E-state index is 13.4. The first kappa shape index (κ1) is 22.8. The Bertz CT molecular complexity index is 1050. The van der Waals surface area contributed by atoms with Crippen molar-refractivity contribution in [3.8, 4) is 0 Å². The van der Waals surface area contributed by atoms with Gasteiger partial charge in [0.05, 0.1) is 10.8 Å². The Morgan fingerprint density at radius 1 is 1.06 bits per heavy atom. The summed E-state index contributed by atoms with van der Waals surface area (Å²) in [6.07, 6.45) is 0.398. The number of amides is 1. The number of hydrogen-bond donors (Lipinski definition) is 0. The van der Waals surface area contributed by atoms with Gasteiger partial charge in [0.1, 0.15) is 0 Å². The Labute approximate surface area is 179 Å². The first-order chi connectivity index (χ1) is 14.7. The number of benzene rings is 2. The van der Waals surface area contributed by atoms with Gasteiger partial charge in [0.25, 0.3) is 5.91 Å². The van der Waals surface area contributed by atoms with Gasteiger partial charge in [0, 0.05) is 25.8 Å². The van der Waals surface area contributed by atoms with Crippen LogP contribution in [-0.4, -0.2) is 51.3 Å². The third-order valence-corrected chi connectivity index (χ3v) is 7.07. The van der Waals surface area contributed by atoms with Crippen LogP contribution in [0.4, 0.5) is 14.5 Å². The molecule has 0 atom stereocenters. The van der Waals surface area contributed by atoms with Crippen LogP contribution in [0.15, 0.2) is 53.4 Å². The summed E-state index contributed by atoms with van der Waals surface area (Å²) in [5.74, 6) is -3.89. The summed E-state index contributed by atoms with van der Waals surface area (Å²) in [5, 5.41) is 0. The molecule has 0 unspecified atom stereocenters. The summed E-state index contributed by atoms with van der Waals surface area (Å²) in [6.45, 7) is -0.366. The molecular weight excluding hydrogens is 430 g/mol. The van der Waals surface area contributed by atoms with Gasteiger partial charge in [-0.2, -0.15) is 4.31 Å². The number of para-hydroxylation sites is 1. The second-order valence-corrected chi connectivity index (χ2v) is 9.09. The predicted molar refractivity (Wildman–Crippen MR) is 109 cm³/mol. The number of likely N-dealkylation sites (N-methyl/N-ethyl adjacent to an activating group) is 1. The quantitative estimate of drug-likeness (QED) is 0.629. The standard InChI is InChI=1S/C21H22F2N2O5S/c1-24(16-5-3-2-4-6-16)20(26)14-30-21(27)15-9-11-25(12-10-15)31(28,29)17-7-8-18(22)19(23)13-17/h2-8,13,15H,9-12,14H2,1H3. The maximum Gasteiger partial charge on any atom is 0.309 e. The number of esters is 1. The number of hydrogen-bond acceptors (Lipinski definition) is 5. The number of rotatable bonds is 6. The summed E-state index contributed by atoms with van der Waals surface area (Å²) in [7, 11) is -2.43. The molecule has 1 amide bonds. The predicted octanol–water partition coefficient (Wildman–Crippen LogP) is 2.57. The highest BCUT2D eigenvalue weighted by molar-refractivity contribution is 7.89. The van der Waals surface area contributed by atoms with Gasteiger partial charge < -0.3 is 9.64 Å². The average molecular weight is 452 g/mol. The number of sulfonamides is 1. The van der Waals surface area contributed by atoms with Gasteiger partial charge in [-0.05, 0) is 43.2 Å². The lowest BCUT2D eigenvalue weighted by Crippen LogP contribution is -2.41. The smallest absolute Gasteiger partial charge is 0.309 e. The molecule has 166 valence electrons. The Hall–Kier alpha value is -2.85. The third kappa shape index (κ3) is 5.26. The van der Waals surface area contributed by atoms with Gasteiger partial charge in [-0.15, -0.1) is 0 Å². The number of piperidine rings is 1. The van der Waals surface area contributed by atoms with E-state index in [1.54, 1.807) is 31.3 Å². The second kappa shape index (κ2) is 9.52. The van der Waals surface area contributed by atoms with Crippen molar-refractivity contribution in [3.63, 3.8) is 0 Å². The molecule has 1 aliphatic rings. The van der Waals surface area contributed by atoms with Crippen LogP contribution in [0, 0.1) is 17.6 Å². The van der Waals surface area contributed by atoms with Crippen LogP contribution in [0.5, 0.6) is 0 Å². The molecule has 0 radical (unpaired) electrons. The fourth-order valence-electron chi connectivity index (χ4n) is 3.26. The molecule has 3 rings (SSSR count). The highest BCUT2D eigenvalue weighted by Gasteiger charge is 2.33. The fourth-order valence-corrected chi connectivity index (χ4v) is 4.74. The highest BCUT2D eigenvalue weighted by Crippen LogP contribution is 2.25. The van der Waals surface area contributed by atoms with E-state index in [1.165, 1.54) is 4.90 Å². The lowest BCUT2D eigenvalue weighted by atomic mass is 9.98. The van der Waals surface area contributed by atoms with E-state index < -0.39 is 46.1 Å². The van der Waals surface area contributed by atoms with Crippen LogP contribution in [0.3, 0.4) is 0 Å². The van der Waals surface area contributed by atoms with Gasteiger partial charge in [-0.3, -0.25) is 9.59 Å². The number of nitrogens with zero attached hydrogens (tertiary/aromatic N) is 2.